The molecule has 0 bridgehead atoms. The van der Waals surface area contributed by atoms with Crippen LogP contribution in [0.15, 0.2) is 53.3 Å². The first kappa shape index (κ1) is 19.8. The molecule has 0 atom stereocenters. The summed E-state index contributed by atoms with van der Waals surface area (Å²) in [4.78, 5) is 31.5. The van der Waals surface area contributed by atoms with Gasteiger partial charge in [-0.25, -0.2) is 0 Å². The summed E-state index contributed by atoms with van der Waals surface area (Å²) >= 11 is 0. The van der Waals surface area contributed by atoms with E-state index in [0.29, 0.717) is 23.9 Å². The van der Waals surface area contributed by atoms with E-state index in [1.807, 2.05) is 36.4 Å². The van der Waals surface area contributed by atoms with Crippen LogP contribution in [0.4, 0.5) is 0 Å². The average Bonchev–Trinajstić information content (AvgIpc) is 3.29. The average molecular weight is 418 g/mol. The Morgan fingerprint density at radius 2 is 1.84 bits per heavy atom. The zero-order chi connectivity index (χ0) is 21.2. The molecule has 31 heavy (non-hydrogen) atoms. The number of amides is 2. The number of hydrogen-bond acceptors (Lipinski definition) is 4. The van der Waals surface area contributed by atoms with Gasteiger partial charge in [0.25, 0.3) is 5.91 Å². The van der Waals surface area contributed by atoms with Crippen LogP contribution in [-0.2, 0) is 4.79 Å². The number of carbonyl (C=O) groups is 2. The maximum Gasteiger partial charge on any atom is 0.251 e. The zero-order valence-corrected chi connectivity index (χ0v) is 17.5. The molecule has 1 saturated carbocycles. The molecule has 1 aliphatic heterocycles. The first-order valence-corrected chi connectivity index (χ1v) is 11.2. The smallest absolute Gasteiger partial charge is 0.251 e. The first-order valence-electron chi connectivity index (χ1n) is 11.2. The van der Waals surface area contributed by atoms with E-state index in [1.165, 1.54) is 0 Å². The Morgan fingerprint density at radius 1 is 1.03 bits per heavy atom. The molecule has 2 aromatic heterocycles. The van der Waals surface area contributed by atoms with Crippen LogP contribution in [0, 0.1) is 0 Å². The number of furan rings is 1. The van der Waals surface area contributed by atoms with Crippen molar-refractivity contribution in [1.82, 2.24) is 15.2 Å². The Balaban J connectivity index is 1.20. The molecular formula is C25H27N3O3. The number of hydrogen-bond donors (Lipinski definition) is 1. The second kappa shape index (κ2) is 8.53. The first-order chi connectivity index (χ1) is 15.2. The van der Waals surface area contributed by atoms with Crippen LogP contribution in [-0.4, -0.2) is 40.3 Å². The van der Waals surface area contributed by atoms with Crippen LogP contribution in [0.25, 0.3) is 22.2 Å². The maximum atomic E-state index is 12.8. The summed E-state index contributed by atoms with van der Waals surface area (Å²) in [7, 11) is 0. The van der Waals surface area contributed by atoms with E-state index in [-0.39, 0.29) is 11.9 Å². The van der Waals surface area contributed by atoms with Gasteiger partial charge < -0.3 is 14.6 Å². The largest absolute Gasteiger partial charge is 0.464 e. The van der Waals surface area contributed by atoms with E-state index in [0.717, 1.165) is 67.3 Å². The van der Waals surface area contributed by atoms with Crippen molar-refractivity contribution in [1.29, 1.82) is 0 Å². The fourth-order valence-corrected chi connectivity index (χ4v) is 4.92. The van der Waals surface area contributed by atoms with Gasteiger partial charge in [0.2, 0.25) is 5.91 Å². The molecule has 2 fully saturated rings. The van der Waals surface area contributed by atoms with Gasteiger partial charge in [0.15, 0.2) is 0 Å². The normalized spacial score (nSPS) is 21.9. The number of fused-ring (bicyclic) bond motifs is 1. The standard InChI is InChI=1S/C25H27N3O3/c29-23-3-1-2-15-28(23)20-10-8-19(9-11-20)27-25(30)18-6-4-17(5-7-18)24-21-13-16-31-22(21)12-14-26-24/h4-7,12-14,16,19-20H,1-3,8-11,15H2,(H,27,30)/t19-,20-. The molecule has 3 heterocycles. The Bertz CT molecular complexity index is 1080. The van der Waals surface area contributed by atoms with Crippen molar-refractivity contribution in [2.45, 2.75) is 57.0 Å². The van der Waals surface area contributed by atoms with Crippen LogP contribution in [0.5, 0.6) is 0 Å². The molecule has 0 radical (unpaired) electrons. The predicted octanol–water partition coefficient (Wildman–Crippen LogP) is 4.55. The highest BCUT2D eigenvalue weighted by Crippen LogP contribution is 2.28. The van der Waals surface area contributed by atoms with E-state index in [2.05, 4.69) is 15.2 Å². The summed E-state index contributed by atoms with van der Waals surface area (Å²) in [6.07, 6.45) is 10.00. The lowest BCUT2D eigenvalue weighted by atomic mass is 9.89. The number of carbonyl (C=O) groups excluding carboxylic acids is 2. The van der Waals surface area contributed by atoms with Crippen molar-refractivity contribution < 1.29 is 14.0 Å². The topological polar surface area (TPSA) is 75.4 Å². The lowest BCUT2D eigenvalue weighted by Gasteiger charge is -2.39. The Kier molecular flexibility index (Phi) is 5.45. The van der Waals surface area contributed by atoms with Crippen LogP contribution in [0.1, 0.15) is 55.3 Å². The van der Waals surface area contributed by atoms with Gasteiger partial charge in [0.05, 0.1) is 12.0 Å². The maximum absolute atomic E-state index is 12.8. The SMILES string of the molecule is O=C(N[C@H]1CC[C@H](N2CCCCC2=O)CC1)c1ccc(-c2nccc3occc23)cc1. The molecule has 5 rings (SSSR count). The van der Waals surface area contributed by atoms with Gasteiger partial charge in [-0.1, -0.05) is 12.1 Å². The molecule has 160 valence electrons. The summed E-state index contributed by atoms with van der Waals surface area (Å²) in [5.41, 5.74) is 3.25. The van der Waals surface area contributed by atoms with E-state index >= 15 is 0 Å². The minimum atomic E-state index is -0.0430. The molecule has 2 aliphatic rings. The third-order valence-corrected chi connectivity index (χ3v) is 6.63. The van der Waals surface area contributed by atoms with Crippen LogP contribution >= 0.6 is 0 Å². The van der Waals surface area contributed by atoms with Crippen LogP contribution < -0.4 is 5.32 Å². The lowest BCUT2D eigenvalue weighted by molar-refractivity contribution is -0.136. The van der Waals surface area contributed by atoms with Crippen molar-refractivity contribution >= 4 is 22.8 Å². The summed E-state index contributed by atoms with van der Waals surface area (Å²) < 4.78 is 5.45. The van der Waals surface area contributed by atoms with E-state index in [4.69, 9.17) is 4.42 Å². The third-order valence-electron chi connectivity index (χ3n) is 6.63. The van der Waals surface area contributed by atoms with E-state index in [1.54, 1.807) is 12.5 Å². The molecule has 0 spiro atoms. The van der Waals surface area contributed by atoms with Crippen molar-refractivity contribution in [3.05, 3.63) is 54.4 Å². The number of piperidine rings is 1. The molecule has 0 unspecified atom stereocenters. The molecule has 6 nitrogen and oxygen atoms in total. The van der Waals surface area contributed by atoms with Gasteiger partial charge in [0, 0.05) is 47.8 Å². The molecule has 6 heteroatoms. The highest BCUT2D eigenvalue weighted by atomic mass is 16.3. The zero-order valence-electron chi connectivity index (χ0n) is 17.5. The molecular weight excluding hydrogens is 390 g/mol. The fourth-order valence-electron chi connectivity index (χ4n) is 4.92. The highest BCUT2D eigenvalue weighted by molar-refractivity contribution is 5.96. The second-order valence-corrected chi connectivity index (χ2v) is 8.59. The Morgan fingerprint density at radius 3 is 2.61 bits per heavy atom. The van der Waals surface area contributed by atoms with Gasteiger partial charge in [-0.3, -0.25) is 14.6 Å². The number of pyridine rings is 1. The number of nitrogens with zero attached hydrogens (tertiary/aromatic N) is 2. The fraction of sp³-hybridized carbons (Fsp3) is 0.400. The van der Waals surface area contributed by atoms with Gasteiger partial charge in [0.1, 0.15) is 5.58 Å². The van der Waals surface area contributed by atoms with Crippen molar-refractivity contribution in [3.8, 4) is 11.3 Å². The van der Waals surface area contributed by atoms with Crippen molar-refractivity contribution in [3.63, 3.8) is 0 Å². The number of likely N-dealkylation sites (tertiary alicyclic amines) is 1. The molecule has 3 aromatic rings. The van der Waals surface area contributed by atoms with Gasteiger partial charge in [-0.2, -0.15) is 0 Å². The van der Waals surface area contributed by atoms with Gasteiger partial charge in [-0.15, -0.1) is 0 Å². The quantitative estimate of drug-likeness (QED) is 0.676. The van der Waals surface area contributed by atoms with Crippen molar-refractivity contribution in [2.75, 3.05) is 6.54 Å². The summed E-state index contributed by atoms with van der Waals surface area (Å²) in [6, 6.07) is 11.8. The van der Waals surface area contributed by atoms with Crippen LogP contribution in [0.2, 0.25) is 0 Å². The monoisotopic (exact) mass is 417 g/mol. The summed E-state index contributed by atoms with van der Waals surface area (Å²) in [5, 5.41) is 4.14. The summed E-state index contributed by atoms with van der Waals surface area (Å²) in [6.45, 7) is 0.897. The highest BCUT2D eigenvalue weighted by Gasteiger charge is 2.30. The number of aromatic nitrogens is 1. The number of nitrogens with one attached hydrogen (secondary N) is 1. The molecule has 1 aliphatic carbocycles. The lowest BCUT2D eigenvalue weighted by Crippen LogP contribution is -2.47. The van der Waals surface area contributed by atoms with E-state index in [9.17, 15) is 9.59 Å². The number of benzene rings is 1. The van der Waals surface area contributed by atoms with E-state index < -0.39 is 0 Å². The Labute approximate surface area is 181 Å². The molecule has 1 saturated heterocycles. The summed E-state index contributed by atoms with van der Waals surface area (Å²) in [5.74, 6) is 0.262. The number of rotatable bonds is 4. The van der Waals surface area contributed by atoms with Gasteiger partial charge >= 0.3 is 0 Å². The van der Waals surface area contributed by atoms with Gasteiger partial charge in [-0.05, 0) is 62.8 Å². The molecule has 1 N–H and O–H groups in total. The van der Waals surface area contributed by atoms with Crippen molar-refractivity contribution in [2.24, 2.45) is 0 Å². The molecule has 2 amide bonds. The minimum Gasteiger partial charge on any atom is -0.464 e. The molecule has 1 aromatic carbocycles. The second-order valence-electron chi connectivity index (χ2n) is 8.59. The Hall–Kier alpha value is -3.15. The predicted molar refractivity (Wildman–Crippen MR) is 119 cm³/mol. The van der Waals surface area contributed by atoms with Crippen LogP contribution in [0.3, 0.4) is 0 Å². The third kappa shape index (κ3) is 4.07. The minimum absolute atomic E-state index is 0.0430.